The van der Waals surface area contributed by atoms with Gasteiger partial charge in [0.05, 0.1) is 11.9 Å². The molecule has 11 heteroatoms. The molecule has 2 heterocycles. The number of hydrogen-bond donors (Lipinski definition) is 4. The van der Waals surface area contributed by atoms with E-state index in [1.54, 1.807) is 6.26 Å². The molecule has 1 amide bonds. The first kappa shape index (κ1) is 32.2. The van der Waals surface area contributed by atoms with Crippen LogP contribution in [0, 0.1) is 28.6 Å². The van der Waals surface area contributed by atoms with E-state index >= 15 is 0 Å². The van der Waals surface area contributed by atoms with Gasteiger partial charge in [-0.2, -0.15) is 0 Å². The summed E-state index contributed by atoms with van der Waals surface area (Å²) in [6, 6.07) is 3.42. The maximum atomic E-state index is 12.7. The van der Waals surface area contributed by atoms with Crippen molar-refractivity contribution in [2.24, 2.45) is 28.6 Å². The largest absolute Gasteiger partial charge is 0.478 e. The normalized spacial score (nSPS) is 38.0. The minimum atomic E-state index is -1.26. The second-order valence-electron chi connectivity index (χ2n) is 13.9. The zero-order valence-electron chi connectivity index (χ0n) is 25.7. The summed E-state index contributed by atoms with van der Waals surface area (Å²) in [7, 11) is 0. The third kappa shape index (κ3) is 6.05. The van der Waals surface area contributed by atoms with E-state index in [4.69, 9.17) is 19.4 Å². The summed E-state index contributed by atoms with van der Waals surface area (Å²) in [5, 5.41) is 31.3. The lowest BCUT2D eigenvalue weighted by molar-refractivity contribution is -0.205. The molecule has 0 aromatic carbocycles. The number of piperazine rings is 1. The fourth-order valence-electron chi connectivity index (χ4n) is 9.60. The van der Waals surface area contributed by atoms with Gasteiger partial charge in [-0.1, -0.05) is 13.8 Å². The van der Waals surface area contributed by atoms with E-state index in [-0.39, 0.29) is 34.6 Å². The molecule has 1 saturated heterocycles. The summed E-state index contributed by atoms with van der Waals surface area (Å²) in [6.07, 6.45) is 11.6. The molecule has 0 unspecified atom stereocenters. The summed E-state index contributed by atoms with van der Waals surface area (Å²) in [5.74, 6) is -0.940. The maximum Gasteiger partial charge on any atom is 0.410 e. The van der Waals surface area contributed by atoms with E-state index in [1.165, 1.54) is 6.07 Å². The van der Waals surface area contributed by atoms with Crippen LogP contribution in [-0.2, 0) is 14.3 Å². The molecule has 4 saturated carbocycles. The van der Waals surface area contributed by atoms with Gasteiger partial charge >= 0.3 is 23.7 Å². The Morgan fingerprint density at radius 2 is 1.66 bits per heavy atom. The molecule has 0 radical (unpaired) electrons. The van der Waals surface area contributed by atoms with Gasteiger partial charge in [0.2, 0.25) is 0 Å². The number of carbonyl (C=O) groups is 3. The highest BCUT2D eigenvalue weighted by Gasteiger charge is 2.67. The van der Waals surface area contributed by atoms with E-state index in [9.17, 15) is 24.3 Å². The van der Waals surface area contributed by atoms with E-state index < -0.39 is 17.5 Å². The number of amides is 1. The monoisotopic (exact) mass is 614 g/mol. The molecule has 44 heavy (non-hydrogen) atoms. The third-order valence-corrected chi connectivity index (χ3v) is 11.9. The minimum Gasteiger partial charge on any atom is -0.478 e. The first-order chi connectivity index (χ1) is 20.9. The first-order valence-corrected chi connectivity index (χ1v) is 16.0. The highest BCUT2D eigenvalue weighted by atomic mass is 16.6. The molecule has 0 spiro atoms. The third-order valence-electron chi connectivity index (χ3n) is 11.9. The van der Waals surface area contributed by atoms with E-state index in [1.807, 2.05) is 11.0 Å². The lowest BCUT2D eigenvalue weighted by Gasteiger charge is -2.63. The van der Waals surface area contributed by atoms with Crippen molar-refractivity contribution >= 4 is 18.0 Å². The van der Waals surface area contributed by atoms with Crippen molar-refractivity contribution in [2.45, 2.75) is 89.3 Å². The predicted molar refractivity (Wildman–Crippen MR) is 160 cm³/mol. The Morgan fingerprint density at radius 3 is 2.30 bits per heavy atom. The summed E-state index contributed by atoms with van der Waals surface area (Å²) in [5.41, 5.74) is 0.0404. The number of ether oxygens (including phenoxy) is 1. The molecular formula is C33H46N2O9. The Kier molecular flexibility index (Phi) is 9.28. The number of carboxylic acids is 2. The zero-order chi connectivity index (χ0) is 31.7. The van der Waals surface area contributed by atoms with Crippen molar-refractivity contribution in [2.75, 3.05) is 26.2 Å². The number of rotatable bonds is 4. The number of fused-ring (bicyclic) bond motifs is 5. The fraction of sp³-hybridized carbons (Fsp3) is 0.697. The van der Waals surface area contributed by atoms with Crippen molar-refractivity contribution in [1.82, 2.24) is 10.2 Å². The Hall–Kier alpha value is -3.18. The number of carboxylic acid groups (broad SMARTS) is 2. The smallest absolute Gasteiger partial charge is 0.410 e. The second-order valence-corrected chi connectivity index (χ2v) is 13.9. The number of aliphatic hydroxyl groups is 1. The van der Waals surface area contributed by atoms with Crippen LogP contribution in [0.1, 0.15) is 83.1 Å². The summed E-state index contributed by atoms with van der Waals surface area (Å²) >= 11 is 0. The lowest BCUT2D eigenvalue weighted by atomic mass is 9.43. The second kappa shape index (κ2) is 12.7. The maximum absolute atomic E-state index is 12.7. The van der Waals surface area contributed by atoms with Crippen molar-refractivity contribution < 1.29 is 38.9 Å². The van der Waals surface area contributed by atoms with Gasteiger partial charge in [-0.15, -0.1) is 0 Å². The Morgan fingerprint density at radius 1 is 0.955 bits per heavy atom. The number of aliphatic carboxylic acids is 2. The summed E-state index contributed by atoms with van der Waals surface area (Å²) in [6.45, 7) is 7.88. The van der Waals surface area contributed by atoms with E-state index in [0.29, 0.717) is 29.9 Å². The van der Waals surface area contributed by atoms with E-state index in [2.05, 4.69) is 19.2 Å². The molecule has 1 aliphatic heterocycles. The van der Waals surface area contributed by atoms with Crippen LogP contribution < -0.4 is 10.9 Å². The molecule has 4 N–H and O–H groups in total. The van der Waals surface area contributed by atoms with Crippen LogP contribution in [0.15, 0.2) is 39.8 Å². The van der Waals surface area contributed by atoms with Crippen LogP contribution in [0.4, 0.5) is 4.79 Å². The number of nitrogens with one attached hydrogen (secondary N) is 1. The van der Waals surface area contributed by atoms with Gasteiger partial charge in [-0.3, -0.25) is 0 Å². The van der Waals surface area contributed by atoms with Gasteiger partial charge in [0.25, 0.3) is 0 Å². The highest BCUT2D eigenvalue weighted by Crippen LogP contribution is 2.70. The Bertz CT molecular complexity index is 1290. The Labute approximate surface area is 257 Å². The molecule has 1 aromatic rings. The van der Waals surface area contributed by atoms with Gasteiger partial charge in [-0.05, 0) is 98.5 Å². The van der Waals surface area contributed by atoms with Crippen LogP contribution >= 0.6 is 0 Å². The topological polar surface area (TPSA) is 167 Å². The van der Waals surface area contributed by atoms with Crippen LogP contribution in [0.5, 0.6) is 0 Å². The molecule has 5 aliphatic rings. The zero-order valence-corrected chi connectivity index (χ0v) is 25.7. The molecule has 0 bridgehead atoms. The number of hydrogen-bond acceptors (Lipinski definition) is 8. The molecule has 1 aromatic heterocycles. The molecule has 5 fully saturated rings. The average molecular weight is 615 g/mol. The van der Waals surface area contributed by atoms with Gasteiger partial charge in [0.15, 0.2) is 0 Å². The molecule has 8 atom stereocenters. The lowest BCUT2D eigenvalue weighted by Crippen LogP contribution is -2.62. The van der Waals surface area contributed by atoms with Crippen LogP contribution in [0.3, 0.4) is 0 Å². The molecule has 11 nitrogen and oxygen atoms in total. The van der Waals surface area contributed by atoms with Crippen LogP contribution in [0.2, 0.25) is 0 Å². The van der Waals surface area contributed by atoms with Crippen molar-refractivity contribution in [3.05, 3.63) is 46.5 Å². The average Bonchev–Trinajstić information content (AvgIpc) is 3.28. The quantitative estimate of drug-likeness (QED) is 0.364. The highest BCUT2D eigenvalue weighted by molar-refractivity contribution is 5.89. The van der Waals surface area contributed by atoms with Crippen LogP contribution in [-0.4, -0.2) is 76.1 Å². The van der Waals surface area contributed by atoms with Crippen molar-refractivity contribution in [3.63, 3.8) is 0 Å². The van der Waals surface area contributed by atoms with Crippen molar-refractivity contribution in [3.8, 4) is 0 Å². The molecule has 242 valence electrons. The van der Waals surface area contributed by atoms with Gasteiger partial charge < -0.3 is 34.7 Å². The fourth-order valence-corrected chi connectivity index (χ4v) is 9.60. The molecule has 4 aliphatic carbocycles. The Balaban J connectivity index is 0.000000426. The molecule has 6 rings (SSSR count). The summed E-state index contributed by atoms with van der Waals surface area (Å²) < 4.78 is 11.2. The molecular weight excluding hydrogens is 568 g/mol. The van der Waals surface area contributed by atoms with Gasteiger partial charge in [0, 0.05) is 49.8 Å². The number of nitrogens with zero attached hydrogens (tertiary/aromatic N) is 1. The predicted octanol–water partition coefficient (Wildman–Crippen LogP) is 4.00. The summed E-state index contributed by atoms with van der Waals surface area (Å²) in [4.78, 5) is 45.2. The van der Waals surface area contributed by atoms with Gasteiger partial charge in [0.1, 0.15) is 6.10 Å². The first-order valence-electron chi connectivity index (χ1n) is 16.0. The SMILES string of the molecule is C[C@]12CC[C@H](OC(=O)N3CCNCC3)C[C@@H]1CC[C@@H]1[C@@H]2CC[C@]2(C)[C@@H](c3ccc(=O)oc3)CC[C@]12O.O=C(O)/C=C\C(=O)O. The minimum absolute atomic E-state index is 0.0163. The van der Waals surface area contributed by atoms with E-state index in [0.717, 1.165) is 89.5 Å². The van der Waals surface area contributed by atoms with Gasteiger partial charge in [-0.25, -0.2) is 19.2 Å². The van der Waals surface area contributed by atoms with Crippen LogP contribution in [0.25, 0.3) is 0 Å². The van der Waals surface area contributed by atoms with Crippen molar-refractivity contribution in [1.29, 1.82) is 0 Å². The number of carbonyl (C=O) groups excluding carboxylic acids is 1. The standard InChI is InChI=1S/C29H42N2O5.C4H4O4/c1-27-10-7-21(36-26(33)31-15-13-30-14-16-31)17-20(27)4-5-24-23(27)8-11-28(2)22(9-12-29(24,28)34)19-3-6-25(32)35-18-19;5-3(6)1-2-4(7)8/h3,6,18,20-24,30,34H,4-5,7-17H2,1-2H3;1-2H,(H,5,6)(H,7,8)/b;2-1-/t20-,21-,22+,23-,24+,27-,28+,29-;/m0./s1.